The van der Waals surface area contributed by atoms with Crippen LogP contribution in [0.5, 0.6) is 0 Å². The molecule has 0 saturated heterocycles. The van der Waals surface area contributed by atoms with Gasteiger partial charge in [-0.1, -0.05) is 60.8 Å². The summed E-state index contributed by atoms with van der Waals surface area (Å²) in [5.74, 6) is 0. The summed E-state index contributed by atoms with van der Waals surface area (Å²) in [6, 6.07) is 8.10. The molecule has 0 N–H and O–H groups in total. The molecule has 0 atom stereocenters. The van der Waals surface area contributed by atoms with Crippen LogP contribution in [0.1, 0.15) is 5.56 Å². The van der Waals surface area contributed by atoms with Gasteiger partial charge in [-0.15, -0.1) is 0 Å². The second-order valence-corrected chi connectivity index (χ2v) is 10.1. The molecule has 0 spiro atoms. The first-order valence-corrected chi connectivity index (χ1v) is 10.5. The summed E-state index contributed by atoms with van der Waals surface area (Å²) in [4.78, 5) is 1.67. The van der Waals surface area contributed by atoms with Crippen molar-refractivity contribution in [3.05, 3.63) is 39.7 Å². The third-order valence-corrected chi connectivity index (χ3v) is 7.92. The number of halogens is 1. The van der Waals surface area contributed by atoms with E-state index in [0.717, 1.165) is 5.02 Å². The van der Waals surface area contributed by atoms with Crippen LogP contribution in [0.2, 0.25) is 31.2 Å². The lowest BCUT2D eigenvalue weighted by Gasteiger charge is -2.13. The van der Waals surface area contributed by atoms with Crippen molar-refractivity contribution < 1.29 is 0 Å². The Kier molecular flexibility index (Phi) is 4.83. The van der Waals surface area contributed by atoms with Gasteiger partial charge in [0, 0.05) is 5.02 Å². The van der Waals surface area contributed by atoms with E-state index >= 15 is 0 Å². The summed E-state index contributed by atoms with van der Waals surface area (Å²) >= 11 is 5.97. The van der Waals surface area contributed by atoms with Crippen molar-refractivity contribution in [3.63, 3.8) is 0 Å². The van der Waals surface area contributed by atoms with Crippen molar-refractivity contribution in [2.45, 2.75) is 26.2 Å². The Labute approximate surface area is 101 Å². The van der Waals surface area contributed by atoms with E-state index in [2.05, 4.69) is 38.3 Å². The Morgan fingerprint density at radius 3 is 2.20 bits per heavy atom. The highest BCUT2D eigenvalue weighted by molar-refractivity contribution is 6.87. The third-order valence-electron chi connectivity index (χ3n) is 2.24. The van der Waals surface area contributed by atoms with E-state index in [-0.39, 0.29) is 17.6 Å². The predicted octanol–water partition coefficient (Wildman–Crippen LogP) is 4.31. The first-order valence-electron chi connectivity index (χ1n) is 5.09. The van der Waals surface area contributed by atoms with Gasteiger partial charge in [0.1, 0.15) is 0 Å². The molecule has 0 unspecified atom stereocenters. The van der Waals surface area contributed by atoms with Gasteiger partial charge in [-0.25, -0.2) is 0 Å². The van der Waals surface area contributed by atoms with Gasteiger partial charge in [0.25, 0.3) is 0 Å². The highest BCUT2D eigenvalue weighted by atomic mass is 35.5. The molecule has 0 bridgehead atoms. The molecular formula is C12H17ClSi2. The van der Waals surface area contributed by atoms with Crippen LogP contribution in [0.25, 0.3) is 6.08 Å². The van der Waals surface area contributed by atoms with E-state index in [1.54, 1.807) is 4.82 Å². The van der Waals surface area contributed by atoms with Gasteiger partial charge in [0.2, 0.25) is 0 Å². The SMILES string of the molecule is C[Si](C)C(=Cc1cccc(Cl)c1)[Si](C)C. The van der Waals surface area contributed by atoms with Crippen LogP contribution >= 0.6 is 11.6 Å². The minimum atomic E-state index is -0.319. The monoisotopic (exact) mass is 252 g/mol. The van der Waals surface area contributed by atoms with E-state index in [1.807, 2.05) is 18.2 Å². The largest absolute Gasteiger partial charge is 0.0938 e. The Bertz CT molecular complexity index is 346. The molecule has 0 aromatic heterocycles. The summed E-state index contributed by atoms with van der Waals surface area (Å²) in [6.45, 7) is 9.44. The molecule has 80 valence electrons. The van der Waals surface area contributed by atoms with E-state index in [0.29, 0.717) is 0 Å². The molecule has 0 heterocycles. The number of hydrogen-bond donors (Lipinski definition) is 0. The summed E-state index contributed by atoms with van der Waals surface area (Å²) in [7, 11) is -0.639. The second-order valence-electron chi connectivity index (χ2n) is 4.11. The lowest BCUT2D eigenvalue weighted by Crippen LogP contribution is -2.18. The van der Waals surface area contributed by atoms with Gasteiger partial charge < -0.3 is 0 Å². The molecule has 3 heteroatoms. The van der Waals surface area contributed by atoms with Crippen LogP contribution in [0.3, 0.4) is 0 Å². The molecule has 1 aromatic rings. The molecule has 0 nitrogen and oxygen atoms in total. The van der Waals surface area contributed by atoms with Crippen molar-refractivity contribution in [1.29, 1.82) is 0 Å². The van der Waals surface area contributed by atoms with Gasteiger partial charge in [0.05, 0.1) is 17.6 Å². The highest BCUT2D eigenvalue weighted by Gasteiger charge is 2.10. The molecule has 0 amide bonds. The zero-order valence-electron chi connectivity index (χ0n) is 9.76. The summed E-state index contributed by atoms with van der Waals surface area (Å²) < 4.78 is 0. The van der Waals surface area contributed by atoms with E-state index in [9.17, 15) is 0 Å². The maximum absolute atomic E-state index is 5.97. The first kappa shape index (κ1) is 12.8. The van der Waals surface area contributed by atoms with Crippen molar-refractivity contribution in [3.8, 4) is 0 Å². The molecular weight excluding hydrogens is 236 g/mol. The van der Waals surface area contributed by atoms with Crippen LogP contribution in [-0.4, -0.2) is 17.6 Å². The average molecular weight is 253 g/mol. The molecule has 1 rings (SSSR count). The van der Waals surface area contributed by atoms with Crippen LogP contribution in [0.4, 0.5) is 0 Å². The lowest BCUT2D eigenvalue weighted by molar-refractivity contribution is 1.65. The fraction of sp³-hybridized carbons (Fsp3) is 0.333. The maximum Gasteiger partial charge on any atom is 0.0684 e. The second kappa shape index (κ2) is 5.68. The lowest BCUT2D eigenvalue weighted by atomic mass is 10.2. The minimum absolute atomic E-state index is 0.319. The third kappa shape index (κ3) is 3.97. The van der Waals surface area contributed by atoms with Crippen LogP contribution in [-0.2, 0) is 0 Å². The van der Waals surface area contributed by atoms with Gasteiger partial charge >= 0.3 is 0 Å². The zero-order chi connectivity index (χ0) is 11.4. The normalized spacial score (nSPS) is 10.9. The maximum atomic E-state index is 5.97. The molecule has 1 aromatic carbocycles. The van der Waals surface area contributed by atoms with Crippen molar-refractivity contribution in [1.82, 2.24) is 0 Å². The Morgan fingerprint density at radius 2 is 1.73 bits per heavy atom. The van der Waals surface area contributed by atoms with Crippen molar-refractivity contribution in [2.24, 2.45) is 0 Å². The van der Waals surface area contributed by atoms with Gasteiger partial charge in [-0.2, -0.15) is 0 Å². The first-order chi connectivity index (χ1) is 7.00. The van der Waals surface area contributed by atoms with Crippen LogP contribution in [0.15, 0.2) is 29.1 Å². The highest BCUT2D eigenvalue weighted by Crippen LogP contribution is 2.16. The number of benzene rings is 1. The summed E-state index contributed by atoms with van der Waals surface area (Å²) in [6.07, 6.45) is 2.34. The van der Waals surface area contributed by atoms with Gasteiger partial charge in [0.15, 0.2) is 0 Å². The predicted molar refractivity (Wildman–Crippen MR) is 74.4 cm³/mol. The summed E-state index contributed by atoms with van der Waals surface area (Å²) in [5.41, 5.74) is 1.25. The van der Waals surface area contributed by atoms with Gasteiger partial charge in [-0.05, 0) is 17.7 Å². The number of rotatable bonds is 3. The van der Waals surface area contributed by atoms with E-state index in [4.69, 9.17) is 11.6 Å². The fourth-order valence-electron chi connectivity index (χ4n) is 1.55. The molecule has 0 saturated carbocycles. The molecule has 2 radical (unpaired) electrons. The number of hydrogen-bond acceptors (Lipinski definition) is 0. The van der Waals surface area contributed by atoms with E-state index in [1.165, 1.54) is 5.56 Å². The zero-order valence-corrected chi connectivity index (χ0v) is 12.5. The van der Waals surface area contributed by atoms with Crippen LogP contribution < -0.4 is 0 Å². The Morgan fingerprint density at radius 1 is 1.13 bits per heavy atom. The minimum Gasteiger partial charge on any atom is -0.0938 e. The van der Waals surface area contributed by atoms with E-state index < -0.39 is 0 Å². The quantitative estimate of drug-likeness (QED) is 0.704. The van der Waals surface area contributed by atoms with Crippen LogP contribution in [0, 0.1) is 0 Å². The Balaban J connectivity index is 3.02. The van der Waals surface area contributed by atoms with Gasteiger partial charge in [-0.3, -0.25) is 0 Å². The molecule has 0 aliphatic heterocycles. The molecule has 0 aliphatic carbocycles. The van der Waals surface area contributed by atoms with Crippen molar-refractivity contribution in [2.75, 3.05) is 0 Å². The summed E-state index contributed by atoms with van der Waals surface area (Å²) in [5, 5.41) is 0.824. The van der Waals surface area contributed by atoms with Crippen molar-refractivity contribution >= 4 is 35.3 Å². The standard InChI is InChI=1S/C12H17ClSi2/c1-14(2)12(15(3)4)9-10-6-5-7-11(13)8-10/h5-9H,1-4H3. The Hall–Kier alpha value is -0.316. The molecule has 0 aliphatic rings. The molecule has 0 fully saturated rings. The topological polar surface area (TPSA) is 0 Å². The average Bonchev–Trinajstić information content (AvgIpc) is 2.13. The fourth-order valence-corrected chi connectivity index (χ4v) is 6.66. The molecule has 15 heavy (non-hydrogen) atoms. The smallest absolute Gasteiger partial charge is 0.0684 e.